The molecule has 0 bridgehead atoms. The summed E-state index contributed by atoms with van der Waals surface area (Å²) >= 11 is 12.1. The van der Waals surface area contributed by atoms with Crippen molar-refractivity contribution in [3.05, 3.63) is 28.0 Å². The topological polar surface area (TPSA) is 12.9 Å². The quantitative estimate of drug-likeness (QED) is 0.758. The van der Waals surface area contributed by atoms with Crippen LogP contribution in [-0.2, 0) is 6.42 Å². The molecule has 0 aromatic carbocycles. The van der Waals surface area contributed by atoms with Crippen molar-refractivity contribution in [3.63, 3.8) is 0 Å². The van der Waals surface area contributed by atoms with E-state index in [1.807, 2.05) is 0 Å². The number of rotatable bonds is 4. The molecule has 2 rings (SSSR count). The van der Waals surface area contributed by atoms with Gasteiger partial charge in [-0.05, 0) is 42.6 Å². The molecule has 1 aliphatic carbocycles. The highest BCUT2D eigenvalue weighted by molar-refractivity contribution is 6.35. The molecule has 0 spiro atoms. The minimum atomic E-state index is 0.575. The summed E-state index contributed by atoms with van der Waals surface area (Å²) < 4.78 is 0. The Balaban J connectivity index is 1.86. The first-order valence-electron chi connectivity index (χ1n) is 5.78. The molecule has 1 aromatic heterocycles. The van der Waals surface area contributed by atoms with Crippen LogP contribution >= 0.6 is 23.2 Å². The van der Waals surface area contributed by atoms with Gasteiger partial charge in [-0.3, -0.25) is 4.98 Å². The third-order valence-corrected chi connectivity index (χ3v) is 4.30. The Morgan fingerprint density at radius 3 is 2.38 bits per heavy atom. The summed E-state index contributed by atoms with van der Waals surface area (Å²) in [5.41, 5.74) is 1.63. The Morgan fingerprint density at radius 2 is 1.88 bits per heavy atom. The van der Waals surface area contributed by atoms with Crippen molar-refractivity contribution in [3.8, 4) is 0 Å². The molecule has 3 heteroatoms. The fourth-order valence-electron chi connectivity index (χ4n) is 2.27. The van der Waals surface area contributed by atoms with E-state index in [0.29, 0.717) is 15.5 Å². The second kappa shape index (κ2) is 4.54. The number of pyridine rings is 1. The highest BCUT2D eigenvalue weighted by Crippen LogP contribution is 2.54. The summed E-state index contributed by atoms with van der Waals surface area (Å²) in [5.74, 6) is 0.895. The van der Waals surface area contributed by atoms with Crippen LogP contribution in [0.4, 0.5) is 0 Å². The van der Waals surface area contributed by atoms with Gasteiger partial charge in [-0.1, -0.05) is 37.0 Å². The molecule has 1 atom stereocenters. The molecule has 1 aromatic rings. The zero-order chi connectivity index (χ0) is 11.8. The first-order valence-corrected chi connectivity index (χ1v) is 6.54. The van der Waals surface area contributed by atoms with Gasteiger partial charge in [-0.15, -0.1) is 0 Å². The van der Waals surface area contributed by atoms with Crippen LogP contribution in [0.25, 0.3) is 0 Å². The molecular weight excluding hydrogens is 241 g/mol. The zero-order valence-electron chi connectivity index (χ0n) is 9.76. The average molecular weight is 258 g/mol. The fraction of sp³-hybridized carbons (Fsp3) is 0.615. The largest absolute Gasteiger partial charge is 0.262 e. The Bertz CT molecular complexity index is 367. The third kappa shape index (κ3) is 2.70. The lowest BCUT2D eigenvalue weighted by atomic mass is 10.0. The predicted octanol–water partition coefficient (Wildman–Crippen LogP) is 4.76. The van der Waals surface area contributed by atoms with Gasteiger partial charge in [0.1, 0.15) is 0 Å². The molecule has 1 saturated carbocycles. The van der Waals surface area contributed by atoms with Crippen LogP contribution in [0.2, 0.25) is 10.0 Å². The molecule has 16 heavy (non-hydrogen) atoms. The van der Waals surface area contributed by atoms with Crippen molar-refractivity contribution < 1.29 is 0 Å². The molecule has 0 N–H and O–H groups in total. The van der Waals surface area contributed by atoms with Crippen LogP contribution < -0.4 is 0 Å². The van der Waals surface area contributed by atoms with E-state index in [9.17, 15) is 0 Å². The molecular formula is C13H17Cl2N. The molecule has 1 nitrogen and oxygen atoms in total. The molecule has 0 radical (unpaired) electrons. The van der Waals surface area contributed by atoms with Crippen LogP contribution in [0.15, 0.2) is 12.4 Å². The van der Waals surface area contributed by atoms with Crippen LogP contribution in [0.1, 0.15) is 38.7 Å². The predicted molar refractivity (Wildman–Crippen MR) is 69.1 cm³/mol. The fourth-order valence-corrected chi connectivity index (χ4v) is 2.82. The summed E-state index contributed by atoms with van der Waals surface area (Å²) in [4.78, 5) is 3.96. The summed E-state index contributed by atoms with van der Waals surface area (Å²) in [5, 5.41) is 1.39. The number of nitrogens with zero attached hydrogens (tertiary/aromatic N) is 1. The summed E-state index contributed by atoms with van der Waals surface area (Å²) in [6, 6.07) is 0. The third-order valence-electron chi connectivity index (χ3n) is 3.65. The van der Waals surface area contributed by atoms with E-state index in [0.717, 1.165) is 24.3 Å². The standard InChI is InChI=1S/C13H17Cl2N/c1-13(2)6-9(13)4-3-5-10-11(14)7-16-8-12(10)15/h7-9H,3-6H2,1-2H3. The maximum Gasteiger partial charge on any atom is 0.0636 e. The Morgan fingerprint density at radius 1 is 1.31 bits per heavy atom. The first kappa shape index (κ1) is 12.2. The number of hydrogen-bond acceptors (Lipinski definition) is 1. The van der Waals surface area contributed by atoms with Crippen LogP contribution in [0, 0.1) is 11.3 Å². The van der Waals surface area contributed by atoms with Crippen molar-refractivity contribution in [2.75, 3.05) is 0 Å². The Hall–Kier alpha value is -0.270. The van der Waals surface area contributed by atoms with E-state index in [1.165, 1.54) is 12.8 Å². The van der Waals surface area contributed by atoms with Crippen LogP contribution in [-0.4, -0.2) is 4.98 Å². The molecule has 88 valence electrons. The van der Waals surface area contributed by atoms with Crippen molar-refractivity contribution >= 4 is 23.2 Å². The lowest BCUT2D eigenvalue weighted by Gasteiger charge is -2.07. The molecule has 1 unspecified atom stereocenters. The van der Waals surface area contributed by atoms with Gasteiger partial charge in [0.05, 0.1) is 10.0 Å². The van der Waals surface area contributed by atoms with Gasteiger partial charge < -0.3 is 0 Å². The highest BCUT2D eigenvalue weighted by atomic mass is 35.5. The van der Waals surface area contributed by atoms with Crippen LogP contribution in [0.5, 0.6) is 0 Å². The van der Waals surface area contributed by atoms with Crippen LogP contribution in [0.3, 0.4) is 0 Å². The summed E-state index contributed by atoms with van der Waals surface area (Å²) in [6.45, 7) is 4.67. The molecule has 1 aliphatic rings. The molecule has 1 fully saturated rings. The summed E-state index contributed by atoms with van der Waals surface area (Å²) in [6.07, 6.45) is 8.12. The lowest BCUT2D eigenvalue weighted by Crippen LogP contribution is -1.94. The van der Waals surface area contributed by atoms with Gasteiger partial charge in [-0.25, -0.2) is 0 Å². The monoisotopic (exact) mass is 257 g/mol. The summed E-state index contributed by atoms with van der Waals surface area (Å²) in [7, 11) is 0. The average Bonchev–Trinajstić information content (AvgIpc) is 2.79. The second-order valence-corrected chi connectivity index (χ2v) is 6.18. The van der Waals surface area contributed by atoms with Crippen molar-refractivity contribution in [1.29, 1.82) is 0 Å². The van der Waals surface area contributed by atoms with Crippen molar-refractivity contribution in [2.24, 2.45) is 11.3 Å². The zero-order valence-corrected chi connectivity index (χ0v) is 11.3. The van der Waals surface area contributed by atoms with E-state index < -0.39 is 0 Å². The minimum Gasteiger partial charge on any atom is -0.262 e. The highest BCUT2D eigenvalue weighted by Gasteiger charge is 2.44. The van der Waals surface area contributed by atoms with E-state index in [4.69, 9.17) is 23.2 Å². The number of halogens is 2. The van der Waals surface area contributed by atoms with Gasteiger partial charge in [-0.2, -0.15) is 0 Å². The van der Waals surface area contributed by atoms with Gasteiger partial charge in [0, 0.05) is 12.4 Å². The second-order valence-electron chi connectivity index (χ2n) is 5.36. The first-order chi connectivity index (χ1) is 7.50. The van der Waals surface area contributed by atoms with E-state index in [2.05, 4.69) is 18.8 Å². The van der Waals surface area contributed by atoms with E-state index in [1.54, 1.807) is 12.4 Å². The Labute approximate surface area is 107 Å². The van der Waals surface area contributed by atoms with Crippen molar-refractivity contribution in [2.45, 2.75) is 39.5 Å². The van der Waals surface area contributed by atoms with E-state index in [-0.39, 0.29) is 0 Å². The smallest absolute Gasteiger partial charge is 0.0636 e. The van der Waals surface area contributed by atoms with Crippen molar-refractivity contribution in [1.82, 2.24) is 4.98 Å². The SMILES string of the molecule is CC1(C)CC1CCCc1c(Cl)cncc1Cl. The number of aromatic nitrogens is 1. The lowest BCUT2D eigenvalue weighted by molar-refractivity contribution is 0.518. The van der Waals surface area contributed by atoms with Gasteiger partial charge in [0.2, 0.25) is 0 Å². The number of hydrogen-bond donors (Lipinski definition) is 0. The molecule has 0 amide bonds. The normalized spacial score (nSPS) is 22.1. The Kier molecular flexibility index (Phi) is 3.46. The molecule has 1 heterocycles. The molecule has 0 saturated heterocycles. The molecule has 0 aliphatic heterocycles. The van der Waals surface area contributed by atoms with Gasteiger partial charge in [0.25, 0.3) is 0 Å². The minimum absolute atomic E-state index is 0.575. The van der Waals surface area contributed by atoms with E-state index >= 15 is 0 Å². The van der Waals surface area contributed by atoms with Gasteiger partial charge >= 0.3 is 0 Å². The maximum absolute atomic E-state index is 6.07. The maximum atomic E-state index is 6.07. The van der Waals surface area contributed by atoms with Gasteiger partial charge in [0.15, 0.2) is 0 Å².